The first-order chi connectivity index (χ1) is 13.5. The molecule has 2 aromatic rings. The van der Waals surface area contributed by atoms with E-state index in [1.165, 1.54) is 0 Å². The van der Waals surface area contributed by atoms with Gasteiger partial charge in [0.1, 0.15) is 11.9 Å². The maximum absolute atomic E-state index is 13.1. The molecule has 2 aliphatic rings. The fraction of sp³-hybridized carbons (Fsp3) is 0.400. The molecule has 28 heavy (non-hydrogen) atoms. The minimum Gasteiger partial charge on any atom is -0.336 e. The van der Waals surface area contributed by atoms with Crippen molar-refractivity contribution in [2.24, 2.45) is 13.0 Å². The summed E-state index contributed by atoms with van der Waals surface area (Å²) in [5, 5.41) is 5.66. The van der Waals surface area contributed by atoms with Crippen LogP contribution >= 0.6 is 0 Å². The van der Waals surface area contributed by atoms with Gasteiger partial charge < -0.3 is 14.8 Å². The average Bonchev–Trinajstić information content (AvgIpc) is 3.26. The van der Waals surface area contributed by atoms with Crippen LogP contribution in [0.4, 0.5) is 0 Å². The first kappa shape index (κ1) is 18.4. The molecule has 2 atom stereocenters. The highest BCUT2D eigenvalue weighted by Crippen LogP contribution is 2.23. The van der Waals surface area contributed by atoms with Gasteiger partial charge in [0, 0.05) is 51.1 Å². The zero-order chi connectivity index (χ0) is 19.7. The van der Waals surface area contributed by atoms with Gasteiger partial charge in [0.05, 0.1) is 5.92 Å². The summed E-state index contributed by atoms with van der Waals surface area (Å²) in [6, 6.07) is 7.20. The van der Waals surface area contributed by atoms with Crippen molar-refractivity contribution in [3.05, 3.63) is 53.6 Å². The number of rotatable bonds is 4. The van der Waals surface area contributed by atoms with E-state index in [0.29, 0.717) is 25.1 Å². The van der Waals surface area contributed by atoms with E-state index in [1.807, 2.05) is 34.8 Å². The highest BCUT2D eigenvalue weighted by molar-refractivity contribution is 6.03. The lowest BCUT2D eigenvalue weighted by Crippen LogP contribution is -2.49. The zero-order valence-electron chi connectivity index (χ0n) is 15.7. The first-order valence-electron chi connectivity index (χ1n) is 9.44. The van der Waals surface area contributed by atoms with Crippen LogP contribution in [-0.4, -0.2) is 51.8 Å². The molecule has 2 N–H and O–H groups in total. The summed E-state index contributed by atoms with van der Waals surface area (Å²) in [6.45, 7) is 2.03. The molecule has 0 spiro atoms. The topological polar surface area (TPSA) is 96.3 Å². The highest BCUT2D eigenvalue weighted by atomic mass is 16.2. The molecule has 1 aromatic heterocycles. The van der Waals surface area contributed by atoms with Crippen LogP contribution in [0, 0.1) is 5.92 Å². The van der Waals surface area contributed by atoms with Crippen LogP contribution in [-0.2, 0) is 23.1 Å². The minimum absolute atomic E-state index is 0.0326. The molecule has 0 aliphatic carbocycles. The Kier molecular flexibility index (Phi) is 4.95. The molecule has 2 fully saturated rings. The van der Waals surface area contributed by atoms with Gasteiger partial charge in [-0.15, -0.1) is 0 Å². The largest absolute Gasteiger partial charge is 0.336 e. The van der Waals surface area contributed by atoms with E-state index in [2.05, 4.69) is 15.6 Å². The van der Waals surface area contributed by atoms with Crippen molar-refractivity contribution in [3.63, 3.8) is 0 Å². The highest BCUT2D eigenvalue weighted by Gasteiger charge is 2.32. The molecule has 0 bridgehead atoms. The molecule has 4 rings (SSSR count). The number of imide groups is 1. The van der Waals surface area contributed by atoms with Gasteiger partial charge >= 0.3 is 0 Å². The van der Waals surface area contributed by atoms with Crippen molar-refractivity contribution >= 4 is 17.7 Å². The molecule has 8 heteroatoms. The molecule has 0 radical (unpaired) electrons. The third-order valence-electron chi connectivity index (χ3n) is 5.41. The van der Waals surface area contributed by atoms with Crippen LogP contribution < -0.4 is 10.6 Å². The molecule has 8 nitrogen and oxygen atoms in total. The molecule has 1 aromatic carbocycles. The van der Waals surface area contributed by atoms with E-state index in [1.54, 1.807) is 18.3 Å². The molecular formula is C20H23N5O3. The molecule has 3 heterocycles. The Bertz CT molecular complexity index is 905. The molecular weight excluding hydrogens is 358 g/mol. The summed E-state index contributed by atoms with van der Waals surface area (Å²) in [5.74, 6) is 0.0589. The van der Waals surface area contributed by atoms with Gasteiger partial charge in [-0.2, -0.15) is 0 Å². The Morgan fingerprint density at radius 3 is 2.68 bits per heavy atom. The number of piperazine rings is 1. The van der Waals surface area contributed by atoms with Crippen LogP contribution in [0.1, 0.15) is 34.2 Å². The van der Waals surface area contributed by atoms with E-state index in [0.717, 1.165) is 17.9 Å². The van der Waals surface area contributed by atoms with E-state index in [9.17, 15) is 14.4 Å². The zero-order valence-corrected chi connectivity index (χ0v) is 15.7. The van der Waals surface area contributed by atoms with Gasteiger partial charge in [0.2, 0.25) is 11.8 Å². The SMILES string of the molecule is Cn1ccnc1C1CNCCN1C(=O)c1ccc(CC2CC(=O)NC2=O)cc1. The van der Waals surface area contributed by atoms with Crippen LogP contribution in [0.3, 0.4) is 0 Å². The monoisotopic (exact) mass is 381 g/mol. The second-order valence-corrected chi connectivity index (χ2v) is 7.33. The second kappa shape index (κ2) is 7.55. The summed E-state index contributed by atoms with van der Waals surface area (Å²) >= 11 is 0. The number of hydrogen-bond donors (Lipinski definition) is 2. The number of nitrogens with zero attached hydrogens (tertiary/aromatic N) is 3. The van der Waals surface area contributed by atoms with Gasteiger partial charge in [0.25, 0.3) is 5.91 Å². The molecule has 2 aliphatic heterocycles. The number of hydrogen-bond acceptors (Lipinski definition) is 5. The van der Waals surface area contributed by atoms with Gasteiger partial charge in [-0.25, -0.2) is 4.98 Å². The van der Waals surface area contributed by atoms with Crippen molar-refractivity contribution in [2.45, 2.75) is 18.9 Å². The Balaban J connectivity index is 1.48. The van der Waals surface area contributed by atoms with Crippen molar-refractivity contribution in [1.82, 2.24) is 25.1 Å². The van der Waals surface area contributed by atoms with Crippen LogP contribution in [0.2, 0.25) is 0 Å². The first-order valence-corrected chi connectivity index (χ1v) is 9.44. The molecule has 2 unspecified atom stereocenters. The number of aromatic nitrogens is 2. The minimum atomic E-state index is -0.324. The lowest BCUT2D eigenvalue weighted by molar-refractivity contribution is -0.125. The van der Waals surface area contributed by atoms with Crippen molar-refractivity contribution in [2.75, 3.05) is 19.6 Å². The maximum Gasteiger partial charge on any atom is 0.254 e. The summed E-state index contributed by atoms with van der Waals surface area (Å²) in [4.78, 5) is 42.5. The normalized spacial score (nSPS) is 22.4. The quantitative estimate of drug-likeness (QED) is 0.748. The number of carbonyl (C=O) groups is 3. The number of amides is 3. The molecule has 0 saturated carbocycles. The Hall–Kier alpha value is -3.00. The van der Waals surface area contributed by atoms with Gasteiger partial charge in [-0.1, -0.05) is 12.1 Å². The standard InChI is InChI=1S/C20H23N5O3/c1-24-8-7-22-18(24)16-12-21-6-9-25(16)20(28)14-4-2-13(3-5-14)10-15-11-17(26)23-19(15)27/h2-5,7-8,15-16,21H,6,9-12H2,1H3,(H,23,26,27). The fourth-order valence-corrected chi connectivity index (χ4v) is 3.88. The van der Waals surface area contributed by atoms with Crippen LogP contribution in [0.5, 0.6) is 0 Å². The number of benzene rings is 1. The molecule has 146 valence electrons. The van der Waals surface area contributed by atoms with E-state index < -0.39 is 0 Å². The lowest BCUT2D eigenvalue weighted by Gasteiger charge is -2.35. The van der Waals surface area contributed by atoms with Gasteiger partial charge in [0.15, 0.2) is 0 Å². The van der Waals surface area contributed by atoms with E-state index in [4.69, 9.17) is 0 Å². The van der Waals surface area contributed by atoms with Gasteiger partial charge in [-0.3, -0.25) is 19.7 Å². The Morgan fingerprint density at radius 1 is 1.25 bits per heavy atom. The van der Waals surface area contributed by atoms with Gasteiger partial charge in [-0.05, 0) is 24.1 Å². The lowest BCUT2D eigenvalue weighted by atomic mass is 9.97. The average molecular weight is 381 g/mol. The number of carbonyl (C=O) groups excluding carboxylic acids is 3. The number of nitrogens with one attached hydrogen (secondary N) is 2. The summed E-state index contributed by atoms with van der Waals surface area (Å²) in [7, 11) is 1.93. The van der Waals surface area contributed by atoms with Crippen LogP contribution in [0.25, 0.3) is 0 Å². The van der Waals surface area contributed by atoms with Crippen molar-refractivity contribution in [1.29, 1.82) is 0 Å². The third kappa shape index (κ3) is 3.55. The summed E-state index contributed by atoms with van der Waals surface area (Å²) in [6.07, 6.45) is 4.35. The summed E-state index contributed by atoms with van der Waals surface area (Å²) in [5.41, 5.74) is 1.55. The third-order valence-corrected chi connectivity index (χ3v) is 5.41. The molecule has 3 amide bonds. The van der Waals surface area contributed by atoms with E-state index in [-0.39, 0.29) is 36.1 Å². The Labute approximate surface area is 162 Å². The predicted octanol–water partition coefficient (Wildman–Crippen LogP) is 0.412. The predicted molar refractivity (Wildman–Crippen MR) is 101 cm³/mol. The number of aryl methyl sites for hydroxylation is 1. The second-order valence-electron chi connectivity index (χ2n) is 7.33. The van der Waals surface area contributed by atoms with Crippen molar-refractivity contribution in [3.8, 4) is 0 Å². The summed E-state index contributed by atoms with van der Waals surface area (Å²) < 4.78 is 1.94. The fourth-order valence-electron chi connectivity index (χ4n) is 3.88. The van der Waals surface area contributed by atoms with Crippen molar-refractivity contribution < 1.29 is 14.4 Å². The smallest absolute Gasteiger partial charge is 0.254 e. The van der Waals surface area contributed by atoms with Crippen LogP contribution in [0.15, 0.2) is 36.7 Å². The maximum atomic E-state index is 13.1. The molecule has 2 saturated heterocycles. The van der Waals surface area contributed by atoms with E-state index >= 15 is 0 Å². The Morgan fingerprint density at radius 2 is 2.04 bits per heavy atom. The number of imidazole rings is 1.